The fourth-order valence-electron chi connectivity index (χ4n) is 1.89. The zero-order chi connectivity index (χ0) is 11.9. The van der Waals surface area contributed by atoms with Gasteiger partial charge in [0.2, 0.25) is 11.6 Å². The van der Waals surface area contributed by atoms with Gasteiger partial charge in [0.05, 0.1) is 12.7 Å². The Balaban J connectivity index is 2.81. The minimum atomic E-state index is -0.513. The number of ketones is 2. The third kappa shape index (κ3) is 1.26. The second-order valence-electron chi connectivity index (χ2n) is 3.64. The molecule has 4 nitrogen and oxygen atoms in total. The number of hydrogen-bond acceptors (Lipinski definition) is 4. The number of allylic oxidation sites excluding steroid dienone is 1. The Labute approximate surface area is 92.9 Å². The minimum Gasteiger partial charge on any atom is -0.496 e. The average molecular weight is 217 g/mol. The molecule has 16 heavy (non-hydrogen) atoms. The zero-order valence-corrected chi connectivity index (χ0v) is 9.33. The van der Waals surface area contributed by atoms with Crippen LogP contribution >= 0.6 is 0 Å². The van der Waals surface area contributed by atoms with Gasteiger partial charge in [-0.2, -0.15) is 0 Å². The summed E-state index contributed by atoms with van der Waals surface area (Å²) < 4.78 is 5.18. The maximum Gasteiger partial charge on any atom is 0.235 e. The smallest absolute Gasteiger partial charge is 0.235 e. The van der Waals surface area contributed by atoms with Crippen LogP contribution in [0.25, 0.3) is 5.76 Å². The molecule has 0 atom stereocenters. The summed E-state index contributed by atoms with van der Waals surface area (Å²) in [6.45, 7) is 3.30. The van der Waals surface area contributed by atoms with Crippen LogP contribution in [-0.4, -0.2) is 23.7 Å². The largest absolute Gasteiger partial charge is 0.496 e. The fraction of sp³-hybridized carbons (Fsp3) is 0.250. The molecule has 0 saturated heterocycles. The van der Waals surface area contributed by atoms with Crippen molar-refractivity contribution in [1.29, 1.82) is 0 Å². The number of carbonyl (C=O) groups excluding carboxylic acids is 2. The van der Waals surface area contributed by atoms with Crippen LogP contribution in [0.5, 0.6) is 0 Å². The van der Waals surface area contributed by atoms with E-state index in [1.165, 1.54) is 7.11 Å². The van der Waals surface area contributed by atoms with Gasteiger partial charge >= 0.3 is 0 Å². The molecule has 1 aromatic rings. The molecule has 0 aromatic carbocycles. The predicted molar refractivity (Wildman–Crippen MR) is 57.9 cm³/mol. The monoisotopic (exact) mass is 217 g/mol. The summed E-state index contributed by atoms with van der Waals surface area (Å²) in [5.41, 5.74) is 1.91. The number of pyridine rings is 1. The lowest BCUT2D eigenvalue weighted by atomic mass is 9.88. The number of ether oxygens (including phenoxy) is 1. The van der Waals surface area contributed by atoms with E-state index in [0.29, 0.717) is 28.2 Å². The van der Waals surface area contributed by atoms with Gasteiger partial charge in [0.15, 0.2) is 0 Å². The van der Waals surface area contributed by atoms with Gasteiger partial charge < -0.3 is 4.74 Å². The van der Waals surface area contributed by atoms with Crippen LogP contribution in [0.4, 0.5) is 0 Å². The predicted octanol–water partition coefficient (Wildman–Crippen LogP) is 1.53. The number of rotatable bonds is 1. The minimum absolute atomic E-state index is 0.352. The number of nitrogens with zero attached hydrogens (tertiary/aromatic N) is 1. The summed E-state index contributed by atoms with van der Waals surface area (Å²) in [6, 6.07) is 1.69. The topological polar surface area (TPSA) is 56.3 Å². The standard InChI is InChI=1S/C12H11NO3/c1-6-10(14)11(15)9-7(2)13-5-4-8(9)12(6)16-3/h4-5H,1-3H3. The van der Waals surface area contributed by atoms with Gasteiger partial charge in [-0.25, -0.2) is 0 Å². The summed E-state index contributed by atoms with van der Waals surface area (Å²) >= 11 is 0. The van der Waals surface area contributed by atoms with Crippen molar-refractivity contribution in [1.82, 2.24) is 4.98 Å². The van der Waals surface area contributed by atoms with Gasteiger partial charge in [0.1, 0.15) is 5.76 Å². The third-order valence-electron chi connectivity index (χ3n) is 2.70. The first-order valence-electron chi connectivity index (χ1n) is 4.87. The number of aromatic nitrogens is 1. The molecular formula is C12H11NO3. The van der Waals surface area contributed by atoms with Gasteiger partial charge in [-0.05, 0) is 19.9 Å². The molecule has 1 aliphatic carbocycles. The molecule has 1 aliphatic rings. The van der Waals surface area contributed by atoms with Gasteiger partial charge in [0, 0.05) is 23.0 Å². The summed E-state index contributed by atoms with van der Waals surface area (Å²) in [6.07, 6.45) is 1.60. The maximum absolute atomic E-state index is 11.8. The highest BCUT2D eigenvalue weighted by atomic mass is 16.5. The van der Waals surface area contributed by atoms with Crippen molar-refractivity contribution in [2.45, 2.75) is 13.8 Å². The molecule has 0 aliphatic heterocycles. The fourth-order valence-corrected chi connectivity index (χ4v) is 1.89. The third-order valence-corrected chi connectivity index (χ3v) is 2.70. The highest BCUT2D eigenvalue weighted by Gasteiger charge is 2.32. The first-order valence-corrected chi connectivity index (χ1v) is 4.87. The first-order chi connectivity index (χ1) is 7.57. The number of aryl methyl sites for hydroxylation is 1. The van der Waals surface area contributed by atoms with Crippen molar-refractivity contribution in [3.8, 4) is 0 Å². The van der Waals surface area contributed by atoms with Crippen LogP contribution in [0.15, 0.2) is 17.8 Å². The molecule has 0 bridgehead atoms. The molecule has 0 spiro atoms. The van der Waals surface area contributed by atoms with Crippen LogP contribution < -0.4 is 0 Å². The van der Waals surface area contributed by atoms with Gasteiger partial charge in [0.25, 0.3) is 0 Å². The van der Waals surface area contributed by atoms with Crippen molar-refractivity contribution < 1.29 is 14.3 Å². The highest BCUT2D eigenvalue weighted by Crippen LogP contribution is 2.30. The summed E-state index contributed by atoms with van der Waals surface area (Å²) in [4.78, 5) is 27.5. The average Bonchev–Trinajstić information content (AvgIpc) is 2.27. The van der Waals surface area contributed by atoms with Crippen LogP contribution in [0.3, 0.4) is 0 Å². The molecule has 0 amide bonds. The Morgan fingerprint density at radius 2 is 1.88 bits per heavy atom. The molecule has 0 saturated carbocycles. The van der Waals surface area contributed by atoms with Crippen molar-refractivity contribution in [2.75, 3.05) is 7.11 Å². The Hall–Kier alpha value is -1.97. The van der Waals surface area contributed by atoms with Crippen molar-refractivity contribution >= 4 is 17.3 Å². The Kier molecular flexibility index (Phi) is 2.34. The SMILES string of the molecule is COC1=C(C)C(=O)C(=O)c2c1ccnc2C. The Morgan fingerprint density at radius 1 is 1.19 bits per heavy atom. The molecule has 0 radical (unpaired) electrons. The molecule has 0 N–H and O–H groups in total. The summed E-state index contributed by atoms with van der Waals surface area (Å²) in [7, 11) is 1.49. The zero-order valence-electron chi connectivity index (χ0n) is 9.33. The summed E-state index contributed by atoms with van der Waals surface area (Å²) in [5, 5.41) is 0. The number of fused-ring (bicyclic) bond motifs is 1. The van der Waals surface area contributed by atoms with Crippen molar-refractivity contribution in [3.05, 3.63) is 34.7 Å². The van der Waals surface area contributed by atoms with Gasteiger partial charge in [-0.3, -0.25) is 14.6 Å². The molecular weight excluding hydrogens is 206 g/mol. The lowest BCUT2D eigenvalue weighted by Gasteiger charge is -2.19. The molecule has 82 valence electrons. The highest BCUT2D eigenvalue weighted by molar-refractivity contribution is 6.52. The van der Waals surface area contributed by atoms with E-state index in [2.05, 4.69) is 4.98 Å². The Morgan fingerprint density at radius 3 is 2.50 bits per heavy atom. The van der Waals surface area contributed by atoms with Gasteiger partial charge in [-0.1, -0.05) is 0 Å². The molecule has 1 aromatic heterocycles. The maximum atomic E-state index is 11.8. The number of hydrogen-bond donors (Lipinski definition) is 0. The second-order valence-corrected chi connectivity index (χ2v) is 3.64. The molecule has 1 heterocycles. The number of Topliss-reactive ketones (excluding diaryl/α,β-unsaturated/α-hetero) is 2. The van der Waals surface area contributed by atoms with E-state index < -0.39 is 11.6 Å². The van der Waals surface area contributed by atoms with Crippen LogP contribution in [-0.2, 0) is 9.53 Å². The van der Waals surface area contributed by atoms with Crippen LogP contribution in [0.2, 0.25) is 0 Å². The van der Waals surface area contributed by atoms with Crippen LogP contribution in [0.1, 0.15) is 28.5 Å². The normalized spacial score (nSPS) is 15.2. The van der Waals surface area contributed by atoms with E-state index in [4.69, 9.17) is 4.74 Å². The van der Waals surface area contributed by atoms with E-state index in [-0.39, 0.29) is 0 Å². The van der Waals surface area contributed by atoms with E-state index in [9.17, 15) is 9.59 Å². The second kappa shape index (κ2) is 3.56. The van der Waals surface area contributed by atoms with E-state index in [0.717, 1.165) is 0 Å². The van der Waals surface area contributed by atoms with E-state index in [1.807, 2.05) is 0 Å². The molecule has 4 heteroatoms. The van der Waals surface area contributed by atoms with E-state index >= 15 is 0 Å². The molecule has 0 unspecified atom stereocenters. The van der Waals surface area contributed by atoms with E-state index in [1.54, 1.807) is 26.1 Å². The van der Waals surface area contributed by atoms with Gasteiger partial charge in [-0.15, -0.1) is 0 Å². The first kappa shape index (κ1) is 10.5. The molecule has 2 rings (SSSR count). The number of carbonyl (C=O) groups is 2. The van der Waals surface area contributed by atoms with Crippen molar-refractivity contribution in [2.24, 2.45) is 0 Å². The Bertz CT molecular complexity index is 529. The molecule has 0 fully saturated rings. The quantitative estimate of drug-likeness (QED) is 0.669. The van der Waals surface area contributed by atoms with Crippen molar-refractivity contribution in [3.63, 3.8) is 0 Å². The number of methoxy groups -OCH3 is 1. The lowest BCUT2D eigenvalue weighted by Crippen LogP contribution is -2.24. The lowest BCUT2D eigenvalue weighted by molar-refractivity contribution is -0.111. The van der Waals surface area contributed by atoms with Crippen LogP contribution in [0, 0.1) is 6.92 Å². The summed E-state index contributed by atoms with van der Waals surface area (Å²) in [5.74, 6) is -0.551.